The number of nitrogens with zero attached hydrogens (tertiary/aromatic N) is 1. The van der Waals surface area contributed by atoms with E-state index < -0.39 is 10.0 Å². The van der Waals surface area contributed by atoms with Crippen LogP contribution < -0.4 is 10.0 Å². The molecule has 1 heterocycles. The minimum atomic E-state index is -3.56. The highest BCUT2D eigenvalue weighted by Crippen LogP contribution is 2.18. The zero-order chi connectivity index (χ0) is 15.0. The van der Waals surface area contributed by atoms with Gasteiger partial charge in [0.1, 0.15) is 0 Å². The molecule has 7 heteroatoms. The largest absolute Gasteiger partial charge is 0.383 e. The van der Waals surface area contributed by atoms with Crippen molar-refractivity contribution in [1.29, 1.82) is 0 Å². The number of thioether (sulfide) groups is 1. The molecule has 0 bridgehead atoms. The van der Waals surface area contributed by atoms with Crippen LogP contribution in [-0.4, -0.2) is 38.0 Å². The first kappa shape index (κ1) is 17.3. The van der Waals surface area contributed by atoms with Crippen LogP contribution in [0.4, 0.5) is 5.69 Å². The Morgan fingerprint density at radius 1 is 1.40 bits per heavy atom. The summed E-state index contributed by atoms with van der Waals surface area (Å²) in [5, 5.41) is 3.60. The molecule has 0 amide bonds. The molecular weight excluding hydrogens is 294 g/mol. The average molecular weight is 317 g/mol. The van der Waals surface area contributed by atoms with E-state index in [1.54, 1.807) is 23.9 Å². The minimum Gasteiger partial charge on any atom is -0.383 e. The minimum absolute atomic E-state index is 0.0743. The van der Waals surface area contributed by atoms with Crippen LogP contribution in [0.3, 0.4) is 0 Å². The lowest BCUT2D eigenvalue weighted by Gasteiger charge is -2.12. The normalized spacial score (nSPS) is 13.2. The maximum atomic E-state index is 12.3. The maximum absolute atomic E-state index is 12.3. The fourth-order valence-electron chi connectivity index (χ4n) is 1.58. The van der Waals surface area contributed by atoms with Crippen molar-refractivity contribution in [1.82, 2.24) is 9.71 Å². The van der Waals surface area contributed by atoms with Gasteiger partial charge in [-0.1, -0.05) is 13.8 Å². The number of anilines is 1. The lowest BCUT2D eigenvalue weighted by atomic mass is 10.3. The second-order valence-electron chi connectivity index (χ2n) is 4.52. The van der Waals surface area contributed by atoms with Crippen LogP contribution in [0, 0.1) is 0 Å². The Balaban J connectivity index is 2.76. The Hall–Kier alpha value is -0.790. The van der Waals surface area contributed by atoms with Crippen LogP contribution in [0.5, 0.6) is 0 Å². The SMILES string of the molecule is CCCNc1cccnc1S(=O)(=O)NCCC(C)SC. The van der Waals surface area contributed by atoms with E-state index >= 15 is 0 Å². The molecule has 0 aromatic carbocycles. The fraction of sp³-hybridized carbons (Fsp3) is 0.615. The molecule has 0 spiro atoms. The van der Waals surface area contributed by atoms with Crippen molar-refractivity contribution in [2.45, 2.75) is 37.0 Å². The van der Waals surface area contributed by atoms with E-state index in [2.05, 4.69) is 21.9 Å². The van der Waals surface area contributed by atoms with Crippen LogP contribution in [0.15, 0.2) is 23.4 Å². The highest BCUT2D eigenvalue weighted by atomic mass is 32.2. The van der Waals surface area contributed by atoms with Gasteiger partial charge >= 0.3 is 0 Å². The number of pyridine rings is 1. The number of sulfonamides is 1. The average Bonchev–Trinajstić information content (AvgIpc) is 2.45. The van der Waals surface area contributed by atoms with E-state index in [9.17, 15) is 8.42 Å². The van der Waals surface area contributed by atoms with Gasteiger partial charge in [0.2, 0.25) is 0 Å². The topological polar surface area (TPSA) is 71.1 Å². The van der Waals surface area contributed by atoms with Gasteiger partial charge in [-0.15, -0.1) is 0 Å². The summed E-state index contributed by atoms with van der Waals surface area (Å²) in [5.41, 5.74) is 0.555. The lowest BCUT2D eigenvalue weighted by Crippen LogP contribution is -2.28. The molecule has 0 saturated heterocycles. The van der Waals surface area contributed by atoms with Crippen molar-refractivity contribution in [2.24, 2.45) is 0 Å². The maximum Gasteiger partial charge on any atom is 0.260 e. The van der Waals surface area contributed by atoms with E-state index in [1.807, 2.05) is 13.2 Å². The standard InChI is InChI=1S/C13H23N3O2S2/c1-4-8-14-12-6-5-9-15-13(12)20(17,18)16-10-7-11(2)19-3/h5-6,9,11,14,16H,4,7-8,10H2,1-3H3. The Morgan fingerprint density at radius 2 is 2.15 bits per heavy atom. The molecule has 114 valence electrons. The van der Waals surface area contributed by atoms with Gasteiger partial charge in [0.05, 0.1) is 5.69 Å². The molecule has 0 fully saturated rings. The monoisotopic (exact) mass is 317 g/mol. The van der Waals surface area contributed by atoms with Gasteiger partial charge in [-0.2, -0.15) is 11.8 Å². The first-order valence-corrected chi connectivity index (χ1v) is 9.49. The Bertz CT molecular complexity index is 506. The third kappa shape index (κ3) is 5.30. The van der Waals surface area contributed by atoms with Gasteiger partial charge in [0.25, 0.3) is 10.0 Å². The van der Waals surface area contributed by atoms with Crippen molar-refractivity contribution in [3.63, 3.8) is 0 Å². The summed E-state index contributed by atoms with van der Waals surface area (Å²) >= 11 is 1.72. The molecule has 2 N–H and O–H groups in total. The fourth-order valence-corrected chi connectivity index (χ4v) is 3.09. The quantitative estimate of drug-likeness (QED) is 0.731. The molecule has 0 aliphatic carbocycles. The predicted molar refractivity (Wildman–Crippen MR) is 85.8 cm³/mol. The number of rotatable bonds is 9. The van der Waals surface area contributed by atoms with Crippen LogP contribution in [0.2, 0.25) is 0 Å². The molecule has 1 atom stereocenters. The van der Waals surface area contributed by atoms with Gasteiger partial charge in [0.15, 0.2) is 5.03 Å². The van der Waals surface area contributed by atoms with E-state index in [-0.39, 0.29) is 5.03 Å². The second-order valence-corrected chi connectivity index (χ2v) is 7.47. The molecule has 0 saturated carbocycles. The summed E-state index contributed by atoms with van der Waals surface area (Å²) in [4.78, 5) is 4.00. The van der Waals surface area contributed by atoms with Crippen LogP contribution >= 0.6 is 11.8 Å². The van der Waals surface area contributed by atoms with Gasteiger partial charge in [0, 0.05) is 24.5 Å². The third-order valence-electron chi connectivity index (χ3n) is 2.84. The molecule has 20 heavy (non-hydrogen) atoms. The first-order valence-electron chi connectivity index (χ1n) is 6.72. The molecule has 5 nitrogen and oxygen atoms in total. The molecule has 0 radical (unpaired) electrons. The highest BCUT2D eigenvalue weighted by Gasteiger charge is 2.19. The molecule has 0 aliphatic rings. The first-order chi connectivity index (χ1) is 9.51. The van der Waals surface area contributed by atoms with E-state index in [4.69, 9.17) is 0 Å². The summed E-state index contributed by atoms with van der Waals surface area (Å²) in [5.74, 6) is 0. The number of hydrogen-bond donors (Lipinski definition) is 2. The lowest BCUT2D eigenvalue weighted by molar-refractivity contribution is 0.575. The highest BCUT2D eigenvalue weighted by molar-refractivity contribution is 7.99. The van der Waals surface area contributed by atoms with Crippen molar-refractivity contribution in [3.8, 4) is 0 Å². The summed E-state index contributed by atoms with van der Waals surface area (Å²) in [7, 11) is -3.56. The summed E-state index contributed by atoms with van der Waals surface area (Å²) in [6.07, 6.45) is 5.24. The summed E-state index contributed by atoms with van der Waals surface area (Å²) in [6.45, 7) is 5.25. The van der Waals surface area contributed by atoms with Gasteiger partial charge in [-0.25, -0.2) is 18.1 Å². The van der Waals surface area contributed by atoms with Gasteiger partial charge < -0.3 is 5.32 Å². The molecule has 1 unspecified atom stereocenters. The third-order valence-corrected chi connectivity index (χ3v) is 5.30. The molecule has 0 aliphatic heterocycles. The van der Waals surface area contributed by atoms with Crippen LogP contribution in [0.25, 0.3) is 0 Å². The Labute approximate surface area is 126 Å². The van der Waals surface area contributed by atoms with Crippen molar-refractivity contribution in [3.05, 3.63) is 18.3 Å². The van der Waals surface area contributed by atoms with Crippen LogP contribution in [0.1, 0.15) is 26.7 Å². The van der Waals surface area contributed by atoms with Crippen LogP contribution in [-0.2, 0) is 10.0 Å². The predicted octanol–water partition coefficient (Wildman–Crippen LogP) is 2.32. The van der Waals surface area contributed by atoms with E-state index in [0.29, 0.717) is 17.5 Å². The number of aromatic nitrogens is 1. The molecule has 1 aromatic rings. The zero-order valence-electron chi connectivity index (χ0n) is 12.2. The second kappa shape index (κ2) is 8.49. The Morgan fingerprint density at radius 3 is 2.80 bits per heavy atom. The Kier molecular flexibility index (Phi) is 7.32. The molecule has 1 rings (SSSR count). The van der Waals surface area contributed by atoms with Crippen molar-refractivity contribution < 1.29 is 8.42 Å². The molecular formula is C13H23N3O2S2. The smallest absolute Gasteiger partial charge is 0.260 e. The van der Waals surface area contributed by atoms with Gasteiger partial charge in [-0.3, -0.25) is 0 Å². The van der Waals surface area contributed by atoms with E-state index in [1.165, 1.54) is 6.20 Å². The molecule has 1 aromatic heterocycles. The zero-order valence-corrected chi connectivity index (χ0v) is 13.9. The van der Waals surface area contributed by atoms with Crippen molar-refractivity contribution >= 4 is 27.5 Å². The number of nitrogens with one attached hydrogen (secondary N) is 2. The van der Waals surface area contributed by atoms with Gasteiger partial charge in [-0.05, 0) is 31.2 Å². The van der Waals surface area contributed by atoms with Crippen molar-refractivity contribution in [2.75, 3.05) is 24.7 Å². The summed E-state index contributed by atoms with van der Waals surface area (Å²) < 4.78 is 27.1. The van der Waals surface area contributed by atoms with E-state index in [0.717, 1.165) is 19.4 Å². The number of hydrogen-bond acceptors (Lipinski definition) is 5. The summed E-state index contributed by atoms with van der Waals surface area (Å²) in [6, 6.07) is 3.47.